The number of nitrogens with one attached hydrogen (secondary N) is 1. The molecule has 0 aromatic carbocycles. The highest BCUT2D eigenvalue weighted by molar-refractivity contribution is 5.92. The summed E-state index contributed by atoms with van der Waals surface area (Å²) < 4.78 is 0. The molecule has 0 aliphatic heterocycles. The topological polar surface area (TPSA) is 55.1 Å². The quantitative estimate of drug-likeness (QED) is 0.544. The fourth-order valence-electron chi connectivity index (χ4n) is 0.573. The highest BCUT2D eigenvalue weighted by Crippen LogP contribution is 1.93. The molecular formula is C7H14N2O. The van der Waals surface area contributed by atoms with Gasteiger partial charge in [-0.15, -0.1) is 0 Å². The second-order valence-electron chi connectivity index (χ2n) is 2.00. The molecule has 0 aromatic rings. The van der Waals surface area contributed by atoms with Crippen molar-refractivity contribution in [1.29, 1.82) is 0 Å². The molecule has 3 nitrogen and oxygen atoms in total. The normalized spacial score (nSPS) is 9.00. The van der Waals surface area contributed by atoms with Crippen LogP contribution in [0, 0.1) is 0 Å². The molecule has 0 aromatic heterocycles. The van der Waals surface area contributed by atoms with E-state index in [4.69, 9.17) is 5.73 Å². The summed E-state index contributed by atoms with van der Waals surface area (Å²) in [7, 11) is 0. The van der Waals surface area contributed by atoms with Crippen molar-refractivity contribution < 1.29 is 4.79 Å². The van der Waals surface area contributed by atoms with Gasteiger partial charge in [0.1, 0.15) is 0 Å². The van der Waals surface area contributed by atoms with Crippen LogP contribution < -0.4 is 11.1 Å². The van der Waals surface area contributed by atoms with Crippen molar-refractivity contribution in [3.8, 4) is 0 Å². The Morgan fingerprint density at radius 1 is 1.70 bits per heavy atom. The van der Waals surface area contributed by atoms with Crippen LogP contribution in [0.3, 0.4) is 0 Å². The third kappa shape index (κ3) is 3.25. The smallest absolute Gasteiger partial charge is 0.246 e. The molecule has 0 spiro atoms. The molecular weight excluding hydrogens is 128 g/mol. The number of amides is 1. The van der Waals surface area contributed by atoms with Crippen molar-refractivity contribution in [3.63, 3.8) is 0 Å². The second kappa shape index (κ2) is 4.99. The predicted molar refractivity (Wildman–Crippen MR) is 41.5 cm³/mol. The first kappa shape index (κ1) is 9.17. The summed E-state index contributed by atoms with van der Waals surface area (Å²) in [5.74, 6) is -0.0899. The summed E-state index contributed by atoms with van der Waals surface area (Å²) in [6.07, 6.45) is 0.575. The summed E-state index contributed by atoms with van der Waals surface area (Å²) >= 11 is 0. The van der Waals surface area contributed by atoms with Gasteiger partial charge in [0.15, 0.2) is 0 Å². The van der Waals surface area contributed by atoms with Gasteiger partial charge in [-0.25, -0.2) is 0 Å². The van der Waals surface area contributed by atoms with E-state index in [9.17, 15) is 4.79 Å². The van der Waals surface area contributed by atoms with E-state index < -0.39 is 0 Å². The van der Waals surface area contributed by atoms with Gasteiger partial charge < -0.3 is 11.1 Å². The molecule has 0 fully saturated rings. The molecule has 10 heavy (non-hydrogen) atoms. The monoisotopic (exact) mass is 142 g/mol. The molecule has 0 heterocycles. The van der Waals surface area contributed by atoms with Crippen LogP contribution in [0.2, 0.25) is 0 Å². The average molecular weight is 142 g/mol. The number of hydrogen-bond acceptors (Lipinski definition) is 2. The Hall–Kier alpha value is -0.830. The minimum absolute atomic E-state index is 0.0899. The highest BCUT2D eigenvalue weighted by atomic mass is 16.1. The van der Waals surface area contributed by atoms with Gasteiger partial charge in [0.25, 0.3) is 0 Å². The van der Waals surface area contributed by atoms with Crippen molar-refractivity contribution >= 4 is 5.91 Å². The van der Waals surface area contributed by atoms with Crippen LogP contribution in [0.5, 0.6) is 0 Å². The minimum atomic E-state index is -0.0899. The van der Waals surface area contributed by atoms with E-state index in [1.165, 1.54) is 0 Å². The van der Waals surface area contributed by atoms with E-state index in [1.54, 1.807) is 0 Å². The van der Waals surface area contributed by atoms with Crippen LogP contribution in [-0.2, 0) is 4.79 Å². The number of hydrogen-bond donors (Lipinski definition) is 2. The van der Waals surface area contributed by atoms with Gasteiger partial charge in [0, 0.05) is 12.1 Å². The average Bonchev–Trinajstić information content (AvgIpc) is 1.89. The van der Waals surface area contributed by atoms with E-state index in [1.807, 2.05) is 6.92 Å². The lowest BCUT2D eigenvalue weighted by Crippen LogP contribution is -2.24. The summed E-state index contributed by atoms with van der Waals surface area (Å²) in [6.45, 7) is 6.56. The van der Waals surface area contributed by atoms with E-state index >= 15 is 0 Å². The predicted octanol–water partition coefficient (Wildman–Crippen LogP) is 0.0275. The molecule has 1 amide bonds. The zero-order chi connectivity index (χ0) is 7.98. The summed E-state index contributed by atoms with van der Waals surface area (Å²) in [5.41, 5.74) is 5.78. The number of rotatable bonds is 4. The number of carbonyl (C=O) groups excluding carboxylic acids is 1. The zero-order valence-corrected chi connectivity index (χ0v) is 6.31. The lowest BCUT2D eigenvalue weighted by atomic mass is 10.2. The Balaban J connectivity index is 3.60. The molecule has 0 atom stereocenters. The maximum absolute atomic E-state index is 10.9. The van der Waals surface area contributed by atoms with E-state index in [0.29, 0.717) is 25.1 Å². The van der Waals surface area contributed by atoms with Gasteiger partial charge in [-0.3, -0.25) is 4.79 Å². The summed E-state index contributed by atoms with van der Waals surface area (Å²) in [4.78, 5) is 10.9. The Labute approximate surface area is 61.3 Å². The van der Waals surface area contributed by atoms with Gasteiger partial charge in [-0.05, 0) is 19.9 Å². The van der Waals surface area contributed by atoms with Gasteiger partial charge in [0.2, 0.25) is 5.91 Å². The SMILES string of the molecule is C=C(CCN)C(=O)NCC. The molecule has 0 unspecified atom stereocenters. The molecule has 0 saturated carbocycles. The first-order valence-corrected chi connectivity index (χ1v) is 3.38. The lowest BCUT2D eigenvalue weighted by Gasteiger charge is -2.02. The summed E-state index contributed by atoms with van der Waals surface area (Å²) in [5, 5.41) is 2.64. The Morgan fingerprint density at radius 2 is 2.30 bits per heavy atom. The van der Waals surface area contributed by atoms with Crippen LogP contribution in [0.1, 0.15) is 13.3 Å². The Morgan fingerprint density at radius 3 is 2.70 bits per heavy atom. The van der Waals surface area contributed by atoms with Crippen molar-refractivity contribution in [2.45, 2.75) is 13.3 Å². The van der Waals surface area contributed by atoms with Gasteiger partial charge in [-0.2, -0.15) is 0 Å². The molecule has 0 rings (SSSR count). The maximum Gasteiger partial charge on any atom is 0.246 e. The van der Waals surface area contributed by atoms with Crippen LogP contribution in [0.4, 0.5) is 0 Å². The van der Waals surface area contributed by atoms with Crippen LogP contribution in [-0.4, -0.2) is 19.0 Å². The van der Waals surface area contributed by atoms with Crippen LogP contribution in [0.15, 0.2) is 12.2 Å². The van der Waals surface area contributed by atoms with E-state index in [2.05, 4.69) is 11.9 Å². The molecule has 3 N–H and O–H groups in total. The van der Waals surface area contributed by atoms with Crippen molar-refractivity contribution in [1.82, 2.24) is 5.32 Å². The van der Waals surface area contributed by atoms with Crippen LogP contribution >= 0.6 is 0 Å². The fourth-order valence-corrected chi connectivity index (χ4v) is 0.573. The second-order valence-corrected chi connectivity index (χ2v) is 2.00. The standard InChI is InChI=1S/C7H14N2O/c1-3-9-7(10)6(2)4-5-8/h2-5,8H2,1H3,(H,9,10). The van der Waals surface area contributed by atoms with Crippen molar-refractivity contribution in [2.75, 3.05) is 13.1 Å². The van der Waals surface area contributed by atoms with Crippen LogP contribution in [0.25, 0.3) is 0 Å². The molecule has 3 heteroatoms. The van der Waals surface area contributed by atoms with Gasteiger partial charge in [0.05, 0.1) is 0 Å². The molecule has 0 aliphatic rings. The van der Waals surface area contributed by atoms with Crippen molar-refractivity contribution in [3.05, 3.63) is 12.2 Å². The number of carbonyl (C=O) groups is 1. The lowest BCUT2D eigenvalue weighted by molar-refractivity contribution is -0.117. The van der Waals surface area contributed by atoms with E-state index in [-0.39, 0.29) is 5.91 Å². The van der Waals surface area contributed by atoms with Crippen molar-refractivity contribution in [2.24, 2.45) is 5.73 Å². The molecule has 0 bridgehead atoms. The Kier molecular flexibility index (Phi) is 4.58. The zero-order valence-electron chi connectivity index (χ0n) is 6.31. The maximum atomic E-state index is 10.9. The number of likely N-dealkylation sites (N-methyl/N-ethyl adjacent to an activating group) is 1. The first-order chi connectivity index (χ1) is 4.72. The minimum Gasteiger partial charge on any atom is -0.353 e. The van der Waals surface area contributed by atoms with Gasteiger partial charge >= 0.3 is 0 Å². The number of nitrogens with two attached hydrogens (primary N) is 1. The molecule has 0 aliphatic carbocycles. The Bertz CT molecular complexity index is 116. The molecule has 0 radical (unpaired) electrons. The third-order valence-corrected chi connectivity index (χ3v) is 1.10. The third-order valence-electron chi connectivity index (χ3n) is 1.10. The molecule has 0 saturated heterocycles. The fraction of sp³-hybridized carbons (Fsp3) is 0.571. The first-order valence-electron chi connectivity index (χ1n) is 3.38. The highest BCUT2D eigenvalue weighted by Gasteiger charge is 2.02. The largest absolute Gasteiger partial charge is 0.353 e. The summed E-state index contributed by atoms with van der Waals surface area (Å²) in [6, 6.07) is 0. The van der Waals surface area contributed by atoms with Gasteiger partial charge in [-0.1, -0.05) is 6.58 Å². The van der Waals surface area contributed by atoms with E-state index in [0.717, 1.165) is 0 Å². The molecule has 58 valence electrons.